The van der Waals surface area contributed by atoms with Gasteiger partial charge in [-0.2, -0.15) is 8.42 Å². The highest BCUT2D eigenvalue weighted by Gasteiger charge is 2.40. The minimum Gasteiger partial charge on any atom is -0.266 e. The number of fused-ring (bicyclic) bond motifs is 1. The maximum atomic E-state index is 12.4. The third-order valence-corrected chi connectivity index (χ3v) is 5.54. The lowest BCUT2D eigenvalue weighted by molar-refractivity contribution is -0.0103. The molecule has 0 radical (unpaired) electrons. The summed E-state index contributed by atoms with van der Waals surface area (Å²) in [6.07, 6.45) is 0. The molecule has 1 heterocycles. The highest BCUT2D eigenvalue weighted by atomic mass is 35.5. The molecular weight excluding hydrogens is 401 g/mol. The fraction of sp³-hybridized carbons (Fsp3) is 0. The zero-order valence-electron chi connectivity index (χ0n) is 11.5. The van der Waals surface area contributed by atoms with Crippen molar-refractivity contribution in [3.8, 4) is 0 Å². The Balaban J connectivity index is 1.99. The van der Waals surface area contributed by atoms with Crippen LogP contribution < -0.4 is 0 Å². The molecule has 3 rings (SSSR count). The van der Waals surface area contributed by atoms with Gasteiger partial charge in [-0.05, 0) is 24.3 Å². The van der Waals surface area contributed by atoms with Crippen LogP contribution in [0.15, 0.2) is 41.3 Å². The molecule has 6 nitrogen and oxygen atoms in total. The maximum Gasteiger partial charge on any atom is 0.319 e. The number of hydroxylamine groups is 2. The first-order valence-electron chi connectivity index (χ1n) is 6.29. The van der Waals surface area contributed by atoms with Gasteiger partial charge in [0, 0.05) is 0 Å². The van der Waals surface area contributed by atoms with Crippen molar-refractivity contribution in [2.24, 2.45) is 0 Å². The van der Waals surface area contributed by atoms with Gasteiger partial charge < -0.3 is 0 Å². The Kier molecular flexibility index (Phi) is 4.31. The van der Waals surface area contributed by atoms with Gasteiger partial charge in [0.25, 0.3) is 11.8 Å². The van der Waals surface area contributed by atoms with Crippen LogP contribution in [0.5, 0.6) is 0 Å². The summed E-state index contributed by atoms with van der Waals surface area (Å²) in [5.74, 6) is -1.79. The molecule has 0 aliphatic carbocycles. The van der Waals surface area contributed by atoms with E-state index in [-0.39, 0.29) is 31.3 Å². The second-order valence-electron chi connectivity index (χ2n) is 4.68. The van der Waals surface area contributed by atoms with Gasteiger partial charge in [-0.1, -0.05) is 46.9 Å². The second kappa shape index (κ2) is 6.02. The van der Waals surface area contributed by atoms with Crippen LogP contribution in [0.1, 0.15) is 20.7 Å². The van der Waals surface area contributed by atoms with E-state index in [1.54, 1.807) is 0 Å². The van der Waals surface area contributed by atoms with Crippen LogP contribution >= 0.6 is 34.8 Å². The lowest BCUT2D eigenvalue weighted by Gasteiger charge is -2.14. The summed E-state index contributed by atoms with van der Waals surface area (Å²) in [5, 5.41) is -0.133. The summed E-state index contributed by atoms with van der Waals surface area (Å²) in [6.45, 7) is 0. The molecule has 2 aromatic rings. The van der Waals surface area contributed by atoms with E-state index in [1.807, 2.05) is 0 Å². The molecule has 1 aliphatic rings. The highest BCUT2D eigenvalue weighted by molar-refractivity contribution is 7.86. The van der Waals surface area contributed by atoms with Gasteiger partial charge in [-0.3, -0.25) is 9.59 Å². The number of amides is 2. The first-order chi connectivity index (χ1) is 11.2. The Morgan fingerprint density at radius 2 is 1.33 bits per heavy atom. The van der Waals surface area contributed by atoms with Gasteiger partial charge in [0.15, 0.2) is 0 Å². The molecule has 0 bridgehead atoms. The summed E-state index contributed by atoms with van der Waals surface area (Å²) in [7, 11) is -4.59. The van der Waals surface area contributed by atoms with Crippen molar-refractivity contribution in [3.63, 3.8) is 0 Å². The van der Waals surface area contributed by atoms with Crippen molar-refractivity contribution in [2.75, 3.05) is 0 Å². The summed E-state index contributed by atoms with van der Waals surface area (Å²) < 4.78 is 29.4. The second-order valence-corrected chi connectivity index (χ2v) is 7.39. The molecule has 24 heavy (non-hydrogen) atoms. The van der Waals surface area contributed by atoms with Crippen LogP contribution in [0.25, 0.3) is 0 Å². The fourth-order valence-electron chi connectivity index (χ4n) is 2.07. The Hall–Kier alpha value is -1.64. The van der Waals surface area contributed by atoms with E-state index in [9.17, 15) is 18.0 Å². The first-order valence-corrected chi connectivity index (χ1v) is 8.83. The van der Waals surface area contributed by atoms with E-state index in [0.717, 1.165) is 12.1 Å². The van der Waals surface area contributed by atoms with Crippen LogP contribution in [0.4, 0.5) is 0 Å². The SMILES string of the molecule is O=C1c2ccccc2C(=O)N1OS(=O)(=O)c1cc(Cl)c(Cl)cc1Cl. The van der Waals surface area contributed by atoms with Gasteiger partial charge in [-0.15, -0.1) is 9.35 Å². The van der Waals surface area contributed by atoms with Crippen LogP contribution in [0.3, 0.4) is 0 Å². The number of hydrogen-bond acceptors (Lipinski definition) is 5. The summed E-state index contributed by atoms with van der Waals surface area (Å²) in [4.78, 5) is 23.8. The van der Waals surface area contributed by atoms with E-state index in [4.69, 9.17) is 34.8 Å². The molecule has 10 heteroatoms. The number of imide groups is 1. The molecule has 0 saturated heterocycles. The average Bonchev–Trinajstić information content (AvgIpc) is 2.76. The number of benzene rings is 2. The number of hydrogen-bond donors (Lipinski definition) is 0. The third kappa shape index (κ3) is 2.78. The van der Waals surface area contributed by atoms with Crippen LogP contribution in [-0.2, 0) is 14.4 Å². The minimum absolute atomic E-state index is 0.0398. The molecule has 0 saturated carbocycles. The Labute approximate surface area is 151 Å². The molecule has 1 aliphatic heterocycles. The summed E-state index contributed by atoms with van der Waals surface area (Å²) in [5.41, 5.74) is 0.0795. The number of carbonyl (C=O) groups is 2. The molecule has 2 aromatic carbocycles. The van der Waals surface area contributed by atoms with Crippen LogP contribution in [0.2, 0.25) is 15.1 Å². The summed E-state index contributed by atoms with van der Waals surface area (Å²) >= 11 is 17.4. The molecule has 0 N–H and O–H groups in total. The molecule has 2 amide bonds. The molecule has 0 atom stereocenters. The van der Waals surface area contributed by atoms with Crippen molar-refractivity contribution in [3.05, 3.63) is 62.6 Å². The van der Waals surface area contributed by atoms with E-state index in [2.05, 4.69) is 4.28 Å². The minimum atomic E-state index is -4.59. The zero-order valence-corrected chi connectivity index (χ0v) is 14.6. The van der Waals surface area contributed by atoms with E-state index >= 15 is 0 Å². The van der Waals surface area contributed by atoms with Gasteiger partial charge in [0.1, 0.15) is 4.90 Å². The predicted octanol–water partition coefficient (Wildman–Crippen LogP) is 3.56. The molecule has 0 unspecified atom stereocenters. The summed E-state index contributed by atoms with van der Waals surface area (Å²) in [6, 6.07) is 7.94. The smallest absolute Gasteiger partial charge is 0.266 e. The van der Waals surface area contributed by atoms with E-state index in [0.29, 0.717) is 0 Å². The maximum absolute atomic E-state index is 12.4. The largest absolute Gasteiger partial charge is 0.319 e. The van der Waals surface area contributed by atoms with Crippen molar-refractivity contribution in [1.82, 2.24) is 5.06 Å². The van der Waals surface area contributed by atoms with E-state index < -0.39 is 26.8 Å². The predicted molar refractivity (Wildman–Crippen MR) is 86.7 cm³/mol. The van der Waals surface area contributed by atoms with Crippen molar-refractivity contribution in [2.45, 2.75) is 4.90 Å². The number of carbonyl (C=O) groups excluding carboxylic acids is 2. The molecule has 0 spiro atoms. The molecular formula is C14H6Cl3NO5S. The van der Waals surface area contributed by atoms with Crippen LogP contribution in [-0.4, -0.2) is 25.3 Å². The number of nitrogens with zero attached hydrogens (tertiary/aromatic N) is 1. The van der Waals surface area contributed by atoms with E-state index in [1.165, 1.54) is 24.3 Å². The molecule has 124 valence electrons. The van der Waals surface area contributed by atoms with Gasteiger partial charge in [0.2, 0.25) is 0 Å². The van der Waals surface area contributed by atoms with Gasteiger partial charge in [0.05, 0.1) is 26.2 Å². The van der Waals surface area contributed by atoms with Crippen molar-refractivity contribution in [1.29, 1.82) is 0 Å². The third-order valence-electron chi connectivity index (χ3n) is 3.17. The quantitative estimate of drug-likeness (QED) is 0.575. The first kappa shape index (κ1) is 17.2. The Morgan fingerprint density at radius 3 is 1.88 bits per heavy atom. The van der Waals surface area contributed by atoms with Gasteiger partial charge >= 0.3 is 10.1 Å². The zero-order chi connectivity index (χ0) is 17.6. The van der Waals surface area contributed by atoms with Gasteiger partial charge in [-0.25, -0.2) is 0 Å². The van der Waals surface area contributed by atoms with Crippen molar-refractivity contribution < 1.29 is 22.3 Å². The average molecular weight is 407 g/mol. The highest BCUT2D eigenvalue weighted by Crippen LogP contribution is 2.33. The molecule has 0 aromatic heterocycles. The fourth-order valence-corrected chi connectivity index (χ4v) is 3.94. The topological polar surface area (TPSA) is 80.8 Å². The Morgan fingerprint density at radius 1 is 0.833 bits per heavy atom. The monoisotopic (exact) mass is 405 g/mol. The lowest BCUT2D eigenvalue weighted by Crippen LogP contribution is -2.32. The number of rotatable bonds is 3. The number of halogens is 3. The molecule has 0 fully saturated rings. The standard InChI is InChI=1S/C14H6Cl3NO5S/c15-9-5-11(17)12(6-10(9)16)24(21,22)23-18-13(19)7-3-1-2-4-8(7)14(18)20/h1-6H. The lowest BCUT2D eigenvalue weighted by atomic mass is 10.1. The van der Waals surface area contributed by atoms with Crippen molar-refractivity contribution >= 4 is 56.7 Å². The van der Waals surface area contributed by atoms with Crippen LogP contribution in [0, 0.1) is 0 Å². The Bertz CT molecular complexity index is 955. The normalized spacial score (nSPS) is 14.2.